The van der Waals surface area contributed by atoms with Crippen molar-refractivity contribution < 1.29 is 41.5 Å². The molecule has 1 amide bonds. The number of esters is 2. The predicted molar refractivity (Wildman–Crippen MR) is 196 cm³/mol. The van der Waals surface area contributed by atoms with E-state index in [0.29, 0.717) is 16.7 Å². The largest absolute Gasteiger partial charge is 0.465 e. The summed E-state index contributed by atoms with van der Waals surface area (Å²) in [4.78, 5) is 54.4. The Balaban J connectivity index is 1.85. The predicted octanol–water partition coefficient (Wildman–Crippen LogP) is 6.34. The highest BCUT2D eigenvalue weighted by Crippen LogP contribution is 2.41. The number of carbonyl (C=O) groups is 3. The standard InChI is InChI=1S/C39H44F3N3O7Si/c1-37(2,3)53(5,6)52-33(39(40,41)42)30(24-26-14-9-7-10-15-26)44-35(48)38(43,36(49)51-25-27-20-22-29(23-21-27)34(47)50-4)45-31(18-13-19-32(45)46)28-16-11-8-12-17-28/h7-23,30,33H,24-25,43H2,1-6H3,(H,44,48). The Morgan fingerprint density at radius 2 is 1.42 bits per heavy atom. The number of alkyl halides is 3. The van der Waals surface area contributed by atoms with Gasteiger partial charge in [0.2, 0.25) is 0 Å². The molecule has 3 N–H and O–H groups in total. The number of nitrogens with two attached hydrogens (primary N) is 1. The zero-order valence-corrected chi connectivity index (χ0v) is 31.4. The molecule has 0 bridgehead atoms. The Bertz CT molecular complexity index is 1950. The Hall–Kier alpha value is -5.05. The van der Waals surface area contributed by atoms with Crippen LogP contribution in [-0.2, 0) is 42.2 Å². The molecule has 10 nitrogen and oxygen atoms in total. The molecule has 0 aliphatic heterocycles. The molecule has 53 heavy (non-hydrogen) atoms. The first kappa shape index (κ1) is 40.7. The van der Waals surface area contributed by atoms with E-state index in [1.807, 2.05) is 0 Å². The molecule has 0 aliphatic rings. The third-order valence-corrected chi connectivity index (χ3v) is 13.8. The second kappa shape index (κ2) is 16.3. The van der Waals surface area contributed by atoms with Crippen LogP contribution in [0.2, 0.25) is 18.1 Å². The second-order valence-electron chi connectivity index (χ2n) is 14.1. The van der Waals surface area contributed by atoms with E-state index < -0.39 is 67.4 Å². The molecule has 4 aromatic rings. The van der Waals surface area contributed by atoms with Gasteiger partial charge in [0, 0.05) is 6.07 Å². The summed E-state index contributed by atoms with van der Waals surface area (Å²) < 4.78 is 62.3. The van der Waals surface area contributed by atoms with Gasteiger partial charge in [-0.2, -0.15) is 13.2 Å². The minimum absolute atomic E-state index is 0.0274. The molecule has 0 saturated carbocycles. The van der Waals surface area contributed by atoms with Gasteiger partial charge in [0.05, 0.1) is 24.4 Å². The van der Waals surface area contributed by atoms with Crippen LogP contribution in [0.3, 0.4) is 0 Å². The third kappa shape index (κ3) is 9.49. The highest BCUT2D eigenvalue weighted by atomic mass is 28.4. The summed E-state index contributed by atoms with van der Waals surface area (Å²) in [6, 6.07) is 24.4. The maximum atomic E-state index is 15.1. The summed E-state index contributed by atoms with van der Waals surface area (Å²) in [5.74, 6) is -3.45. The molecule has 282 valence electrons. The molecule has 4 rings (SSSR count). The van der Waals surface area contributed by atoms with Crippen LogP contribution in [0.25, 0.3) is 11.3 Å². The Labute approximate surface area is 307 Å². The number of rotatable bonds is 13. The first-order valence-electron chi connectivity index (χ1n) is 16.8. The Kier molecular flexibility index (Phi) is 12.5. The number of hydrogen-bond acceptors (Lipinski definition) is 8. The van der Waals surface area contributed by atoms with E-state index in [0.717, 1.165) is 10.6 Å². The molecule has 0 saturated heterocycles. The van der Waals surface area contributed by atoms with Crippen LogP contribution in [0.4, 0.5) is 13.2 Å². The average molecular weight is 752 g/mol. The van der Waals surface area contributed by atoms with Crippen molar-refractivity contribution in [1.29, 1.82) is 0 Å². The van der Waals surface area contributed by atoms with Crippen molar-refractivity contribution in [3.63, 3.8) is 0 Å². The minimum atomic E-state index is -4.98. The number of aromatic nitrogens is 1. The lowest BCUT2D eigenvalue weighted by atomic mass is 9.99. The maximum absolute atomic E-state index is 15.1. The van der Waals surface area contributed by atoms with Crippen LogP contribution in [-0.4, -0.2) is 56.2 Å². The minimum Gasteiger partial charge on any atom is -0.465 e. The van der Waals surface area contributed by atoms with Crippen molar-refractivity contribution in [3.05, 3.63) is 130 Å². The topological polar surface area (TPSA) is 139 Å². The number of halogens is 3. The van der Waals surface area contributed by atoms with Gasteiger partial charge in [0.1, 0.15) is 6.61 Å². The van der Waals surface area contributed by atoms with Gasteiger partial charge in [-0.15, -0.1) is 0 Å². The summed E-state index contributed by atoms with van der Waals surface area (Å²) in [5.41, 5.74) is 4.26. The highest BCUT2D eigenvalue weighted by Gasteiger charge is 2.54. The number of hydrogen-bond donors (Lipinski definition) is 2. The van der Waals surface area contributed by atoms with Crippen LogP contribution in [0.15, 0.2) is 108 Å². The zero-order valence-electron chi connectivity index (χ0n) is 30.4. The first-order valence-corrected chi connectivity index (χ1v) is 19.7. The number of benzene rings is 3. The van der Waals surface area contributed by atoms with Crippen LogP contribution < -0.4 is 16.6 Å². The van der Waals surface area contributed by atoms with Gasteiger partial charge in [-0.1, -0.05) is 99.6 Å². The number of methoxy groups -OCH3 is 1. The molecule has 1 heterocycles. The van der Waals surface area contributed by atoms with Crippen LogP contribution in [0.5, 0.6) is 0 Å². The molecule has 3 aromatic carbocycles. The number of nitrogens with one attached hydrogen (secondary N) is 1. The fourth-order valence-electron chi connectivity index (χ4n) is 5.34. The Morgan fingerprint density at radius 3 is 1.96 bits per heavy atom. The van der Waals surface area contributed by atoms with Crippen molar-refractivity contribution in [1.82, 2.24) is 9.88 Å². The molecule has 0 fully saturated rings. The highest BCUT2D eigenvalue weighted by molar-refractivity contribution is 6.74. The summed E-state index contributed by atoms with van der Waals surface area (Å²) >= 11 is 0. The lowest BCUT2D eigenvalue weighted by molar-refractivity contribution is -0.207. The van der Waals surface area contributed by atoms with Gasteiger partial charge in [0.25, 0.3) is 17.1 Å². The van der Waals surface area contributed by atoms with E-state index in [2.05, 4.69) is 5.32 Å². The molecule has 14 heteroatoms. The fraction of sp³-hybridized carbons (Fsp3) is 0.333. The quantitative estimate of drug-likeness (QED) is 0.0918. The van der Waals surface area contributed by atoms with Crippen molar-refractivity contribution in [2.75, 3.05) is 7.11 Å². The maximum Gasteiger partial charge on any atom is 0.415 e. The van der Waals surface area contributed by atoms with E-state index in [4.69, 9.17) is 19.6 Å². The number of pyridine rings is 1. The fourth-order valence-corrected chi connectivity index (χ4v) is 6.62. The van der Waals surface area contributed by atoms with Gasteiger partial charge in [-0.25, -0.2) is 9.59 Å². The third-order valence-electron chi connectivity index (χ3n) is 9.31. The van der Waals surface area contributed by atoms with Gasteiger partial charge in [-0.05, 0) is 59.4 Å². The van der Waals surface area contributed by atoms with Crippen molar-refractivity contribution in [2.45, 2.75) is 75.9 Å². The molecule has 0 radical (unpaired) electrons. The van der Waals surface area contributed by atoms with Crippen LogP contribution >= 0.6 is 0 Å². The van der Waals surface area contributed by atoms with E-state index in [-0.39, 0.29) is 17.7 Å². The smallest absolute Gasteiger partial charge is 0.415 e. The van der Waals surface area contributed by atoms with Gasteiger partial charge in [-0.3, -0.25) is 19.9 Å². The molecule has 0 spiro atoms. The van der Waals surface area contributed by atoms with E-state index in [1.54, 1.807) is 94.5 Å². The number of ether oxygens (including phenoxy) is 2. The lowest BCUT2D eigenvalue weighted by Gasteiger charge is -2.42. The summed E-state index contributed by atoms with van der Waals surface area (Å²) in [6.07, 6.45) is -7.87. The van der Waals surface area contributed by atoms with Crippen molar-refractivity contribution in [3.8, 4) is 11.3 Å². The summed E-state index contributed by atoms with van der Waals surface area (Å²) in [6.45, 7) is 8.20. The summed E-state index contributed by atoms with van der Waals surface area (Å²) in [5, 5.41) is 1.76. The van der Waals surface area contributed by atoms with Crippen molar-refractivity contribution >= 4 is 26.2 Å². The SMILES string of the molecule is COC(=O)c1ccc(COC(=O)C(N)(C(=O)NC(Cc2ccccc2)C(O[Si](C)(C)C(C)(C)C)C(F)(F)F)n2c(-c3ccccc3)cccc2=O)cc1. The molecule has 1 aromatic heterocycles. The summed E-state index contributed by atoms with van der Waals surface area (Å²) in [7, 11) is -1.92. The van der Waals surface area contributed by atoms with E-state index in [9.17, 15) is 19.2 Å². The van der Waals surface area contributed by atoms with E-state index in [1.165, 1.54) is 43.5 Å². The van der Waals surface area contributed by atoms with E-state index >= 15 is 13.2 Å². The molecular formula is C39H44F3N3O7Si. The monoisotopic (exact) mass is 751 g/mol. The molecule has 3 atom stereocenters. The van der Waals surface area contributed by atoms with Gasteiger partial charge >= 0.3 is 18.1 Å². The molecular weight excluding hydrogens is 708 g/mol. The molecule has 0 aliphatic carbocycles. The van der Waals surface area contributed by atoms with Crippen LogP contribution in [0, 0.1) is 0 Å². The van der Waals surface area contributed by atoms with Gasteiger partial charge < -0.3 is 19.2 Å². The molecule has 3 unspecified atom stereocenters. The number of nitrogens with zero attached hydrogens (tertiary/aromatic N) is 1. The first-order chi connectivity index (χ1) is 24.8. The Morgan fingerprint density at radius 1 is 0.830 bits per heavy atom. The second-order valence-corrected chi connectivity index (χ2v) is 18.8. The average Bonchev–Trinajstić information content (AvgIpc) is 3.11. The number of carbonyl (C=O) groups excluding carboxylic acids is 3. The van der Waals surface area contributed by atoms with Crippen LogP contribution in [0.1, 0.15) is 42.3 Å². The van der Waals surface area contributed by atoms with Gasteiger partial charge in [0.15, 0.2) is 14.4 Å². The zero-order chi connectivity index (χ0) is 39.2. The normalized spacial score (nSPS) is 14.4. The van der Waals surface area contributed by atoms with Crippen molar-refractivity contribution in [2.24, 2.45) is 5.73 Å². The lowest BCUT2D eigenvalue weighted by Crippen LogP contribution is -2.67. The number of amides is 1.